The van der Waals surface area contributed by atoms with Crippen LogP contribution in [-0.4, -0.2) is 36.5 Å². The Morgan fingerprint density at radius 1 is 1.00 bits per heavy atom. The van der Waals surface area contributed by atoms with E-state index in [1.54, 1.807) is 37.6 Å². The lowest BCUT2D eigenvalue weighted by atomic mass is 10.1. The van der Waals surface area contributed by atoms with Gasteiger partial charge in [0.1, 0.15) is 29.3 Å². The summed E-state index contributed by atoms with van der Waals surface area (Å²) in [5.74, 6) is 2.10. The number of hydrogen-bond acceptors (Lipinski definition) is 6. The molecule has 9 heteroatoms. The summed E-state index contributed by atoms with van der Waals surface area (Å²) in [4.78, 5) is 4.52. The highest BCUT2D eigenvalue weighted by Crippen LogP contribution is 2.27. The van der Waals surface area contributed by atoms with Crippen molar-refractivity contribution in [3.05, 3.63) is 90.3 Å². The van der Waals surface area contributed by atoms with Crippen molar-refractivity contribution in [2.75, 3.05) is 12.4 Å². The zero-order valence-corrected chi connectivity index (χ0v) is 17.5. The molecule has 0 saturated carbocycles. The van der Waals surface area contributed by atoms with Gasteiger partial charge in [-0.05, 0) is 42.0 Å². The maximum atomic E-state index is 14.4. The largest absolute Gasteiger partial charge is 0.497 e. The predicted molar refractivity (Wildman–Crippen MR) is 118 cm³/mol. The highest BCUT2D eigenvalue weighted by Gasteiger charge is 2.20. The van der Waals surface area contributed by atoms with Gasteiger partial charge in [0.25, 0.3) is 0 Å². The summed E-state index contributed by atoms with van der Waals surface area (Å²) in [6.45, 7) is 0. The normalized spacial score (nSPS) is 12.1. The number of anilines is 1. The molecule has 1 atom stereocenters. The van der Waals surface area contributed by atoms with Crippen molar-refractivity contribution in [2.45, 2.75) is 6.04 Å². The maximum absolute atomic E-state index is 14.4. The third-order valence-electron chi connectivity index (χ3n) is 5.24. The number of ether oxygens (including phenoxy) is 1. The molecule has 0 fully saturated rings. The lowest BCUT2D eigenvalue weighted by Crippen LogP contribution is -2.18. The zero-order chi connectivity index (χ0) is 22.1. The summed E-state index contributed by atoms with van der Waals surface area (Å²) in [5.41, 5.74) is 1.84. The van der Waals surface area contributed by atoms with E-state index in [4.69, 9.17) is 4.74 Å². The van der Waals surface area contributed by atoms with Gasteiger partial charge < -0.3 is 14.6 Å². The van der Waals surface area contributed by atoms with E-state index < -0.39 is 0 Å². The first-order valence-electron chi connectivity index (χ1n) is 9.99. The number of nitrogens with zero attached hydrogens (tertiary/aromatic N) is 6. The molecule has 1 unspecified atom stereocenters. The molecule has 2 aromatic carbocycles. The second kappa shape index (κ2) is 8.10. The molecule has 0 spiro atoms. The Kier molecular flexibility index (Phi) is 4.98. The standard InChI is InChI=1S/C23H20FN7O/c1-30-14-13-25-23(30)21(15-7-9-16(32-2)10-8-15)26-19-11-12-20-27-28-22(31(20)29-19)17-5-3-4-6-18(17)24/h3-14,21H,1-2H3,(H,26,29). The van der Waals surface area contributed by atoms with Gasteiger partial charge in [-0.2, -0.15) is 4.52 Å². The number of fused-ring (bicyclic) bond motifs is 1. The van der Waals surface area contributed by atoms with Crippen molar-refractivity contribution >= 4 is 11.5 Å². The van der Waals surface area contributed by atoms with Gasteiger partial charge in [-0.15, -0.1) is 15.3 Å². The van der Waals surface area contributed by atoms with E-state index in [-0.39, 0.29) is 11.9 Å². The Morgan fingerprint density at radius 2 is 1.81 bits per heavy atom. The number of hydrogen-bond donors (Lipinski definition) is 1. The molecule has 0 bridgehead atoms. The molecule has 0 aliphatic rings. The van der Waals surface area contributed by atoms with Crippen LogP contribution in [0.2, 0.25) is 0 Å². The molecule has 0 amide bonds. The van der Waals surface area contributed by atoms with Gasteiger partial charge in [-0.3, -0.25) is 0 Å². The van der Waals surface area contributed by atoms with Gasteiger partial charge in [0.15, 0.2) is 11.5 Å². The van der Waals surface area contributed by atoms with Gasteiger partial charge in [0.2, 0.25) is 0 Å². The lowest BCUT2D eigenvalue weighted by molar-refractivity contribution is 0.414. The number of rotatable bonds is 6. The fraction of sp³-hybridized carbons (Fsp3) is 0.130. The van der Waals surface area contributed by atoms with E-state index in [1.807, 2.05) is 48.1 Å². The van der Waals surface area contributed by atoms with E-state index in [0.717, 1.165) is 17.1 Å². The minimum Gasteiger partial charge on any atom is -0.497 e. The van der Waals surface area contributed by atoms with E-state index >= 15 is 0 Å². The Bertz CT molecular complexity index is 1380. The number of aromatic nitrogens is 6. The molecule has 160 valence electrons. The molecule has 3 heterocycles. The van der Waals surface area contributed by atoms with Crippen LogP contribution >= 0.6 is 0 Å². The van der Waals surface area contributed by atoms with Gasteiger partial charge in [-0.25, -0.2) is 9.37 Å². The van der Waals surface area contributed by atoms with Crippen molar-refractivity contribution in [3.8, 4) is 17.1 Å². The smallest absolute Gasteiger partial charge is 0.188 e. The van der Waals surface area contributed by atoms with Crippen LogP contribution in [0, 0.1) is 5.82 Å². The van der Waals surface area contributed by atoms with Crippen LogP contribution in [-0.2, 0) is 7.05 Å². The first kappa shape index (κ1) is 19.7. The van der Waals surface area contributed by atoms with Crippen molar-refractivity contribution in [1.29, 1.82) is 0 Å². The monoisotopic (exact) mass is 429 g/mol. The van der Waals surface area contributed by atoms with E-state index in [1.165, 1.54) is 10.6 Å². The summed E-state index contributed by atoms with van der Waals surface area (Å²) in [5, 5.41) is 16.4. The van der Waals surface area contributed by atoms with E-state index in [0.29, 0.717) is 22.9 Å². The topological polar surface area (TPSA) is 82.2 Å². The maximum Gasteiger partial charge on any atom is 0.188 e. The number of imidazole rings is 1. The predicted octanol–water partition coefficient (Wildman–Crippen LogP) is 3.87. The fourth-order valence-corrected chi connectivity index (χ4v) is 3.57. The molecule has 0 aliphatic heterocycles. The molecule has 8 nitrogen and oxygen atoms in total. The summed E-state index contributed by atoms with van der Waals surface area (Å²) in [6.07, 6.45) is 3.64. The Balaban J connectivity index is 1.56. The summed E-state index contributed by atoms with van der Waals surface area (Å²) >= 11 is 0. The van der Waals surface area contributed by atoms with Gasteiger partial charge in [-0.1, -0.05) is 24.3 Å². The summed E-state index contributed by atoms with van der Waals surface area (Å²) < 4.78 is 23.1. The minimum atomic E-state index is -0.383. The third-order valence-corrected chi connectivity index (χ3v) is 5.24. The number of nitrogens with one attached hydrogen (secondary N) is 1. The van der Waals surface area contributed by atoms with Crippen molar-refractivity contribution < 1.29 is 9.13 Å². The van der Waals surface area contributed by atoms with Crippen molar-refractivity contribution in [2.24, 2.45) is 7.05 Å². The molecule has 5 rings (SSSR count). The van der Waals surface area contributed by atoms with E-state index in [2.05, 4.69) is 25.6 Å². The van der Waals surface area contributed by atoms with Gasteiger partial charge >= 0.3 is 0 Å². The second-order valence-corrected chi connectivity index (χ2v) is 7.24. The van der Waals surface area contributed by atoms with E-state index in [9.17, 15) is 4.39 Å². The molecule has 32 heavy (non-hydrogen) atoms. The molecule has 1 N–H and O–H groups in total. The van der Waals surface area contributed by atoms with Crippen LogP contribution in [0.3, 0.4) is 0 Å². The van der Waals surface area contributed by atoms with Crippen LogP contribution in [0.1, 0.15) is 17.4 Å². The summed E-state index contributed by atoms with van der Waals surface area (Å²) in [7, 11) is 3.57. The lowest BCUT2D eigenvalue weighted by Gasteiger charge is -2.20. The second-order valence-electron chi connectivity index (χ2n) is 7.24. The van der Waals surface area contributed by atoms with Gasteiger partial charge in [0, 0.05) is 19.4 Å². The Morgan fingerprint density at radius 3 is 2.53 bits per heavy atom. The molecule has 0 aliphatic carbocycles. The Hall–Kier alpha value is -4.27. The number of aryl methyl sites for hydroxylation is 1. The van der Waals surface area contributed by atoms with Crippen molar-refractivity contribution in [3.63, 3.8) is 0 Å². The third kappa shape index (κ3) is 3.53. The highest BCUT2D eigenvalue weighted by atomic mass is 19.1. The SMILES string of the molecule is COc1ccc(C(Nc2ccc3nnc(-c4ccccc4F)n3n2)c2nccn2C)cc1. The number of methoxy groups -OCH3 is 1. The van der Waals surface area contributed by atoms with Crippen LogP contribution in [0.25, 0.3) is 17.0 Å². The zero-order valence-electron chi connectivity index (χ0n) is 17.5. The van der Waals surface area contributed by atoms with Gasteiger partial charge in [0.05, 0.1) is 12.7 Å². The average Bonchev–Trinajstić information content (AvgIpc) is 3.44. The number of halogens is 1. The molecule has 0 saturated heterocycles. The number of benzene rings is 2. The Labute approximate surface area is 183 Å². The first-order valence-corrected chi connectivity index (χ1v) is 9.99. The minimum absolute atomic E-state index is 0.278. The molecular weight excluding hydrogens is 409 g/mol. The summed E-state index contributed by atoms with van der Waals surface area (Å²) in [6, 6.07) is 17.5. The first-order chi connectivity index (χ1) is 15.6. The molecule has 0 radical (unpaired) electrons. The average molecular weight is 429 g/mol. The van der Waals surface area contributed by atoms with Crippen LogP contribution in [0.5, 0.6) is 5.75 Å². The fourth-order valence-electron chi connectivity index (χ4n) is 3.57. The molecular formula is C23H20FN7O. The van der Waals surface area contributed by atoms with Crippen LogP contribution in [0.15, 0.2) is 73.1 Å². The van der Waals surface area contributed by atoms with Crippen molar-refractivity contribution in [1.82, 2.24) is 29.4 Å². The molecule has 5 aromatic rings. The quantitative estimate of drug-likeness (QED) is 0.441. The highest BCUT2D eigenvalue weighted by molar-refractivity contribution is 5.60. The molecule has 3 aromatic heterocycles. The van der Waals surface area contributed by atoms with Crippen LogP contribution in [0.4, 0.5) is 10.2 Å². The van der Waals surface area contributed by atoms with Crippen LogP contribution < -0.4 is 10.1 Å².